The number of hydrogen-bond acceptors (Lipinski definition) is 2. The minimum atomic E-state index is -0.250. The molecule has 2 nitrogen and oxygen atoms in total. The van der Waals surface area contributed by atoms with Crippen LogP contribution in [0.3, 0.4) is 0 Å². The third-order valence-electron chi connectivity index (χ3n) is 6.11. The quantitative estimate of drug-likeness (QED) is 0.527. The van der Waals surface area contributed by atoms with E-state index in [1.165, 1.54) is 63.9 Å². The molecule has 1 aromatic rings. The van der Waals surface area contributed by atoms with Crippen molar-refractivity contribution in [3.05, 3.63) is 29.8 Å². The zero-order chi connectivity index (χ0) is 16.2. The van der Waals surface area contributed by atoms with Crippen LogP contribution in [0.15, 0.2) is 24.3 Å². The fraction of sp³-hybridized carbons (Fsp3) is 0.667. The van der Waals surface area contributed by atoms with Crippen LogP contribution < -0.4 is 4.74 Å². The molecule has 0 saturated heterocycles. The monoisotopic (exact) mass is 314 g/mol. The predicted molar refractivity (Wildman–Crippen MR) is 93.6 cm³/mol. The third kappa shape index (κ3) is 4.37. The summed E-state index contributed by atoms with van der Waals surface area (Å²) in [4.78, 5) is 11.0. The van der Waals surface area contributed by atoms with Crippen LogP contribution in [0.1, 0.15) is 76.7 Å². The maximum atomic E-state index is 11.0. The van der Waals surface area contributed by atoms with E-state index >= 15 is 0 Å². The highest BCUT2D eigenvalue weighted by Gasteiger charge is 2.30. The molecular formula is C21H30O2. The Bertz CT molecular complexity index is 503. The van der Waals surface area contributed by atoms with Crippen LogP contribution in [-0.4, -0.2) is 5.97 Å². The maximum absolute atomic E-state index is 11.0. The Hall–Kier alpha value is -1.31. The van der Waals surface area contributed by atoms with Crippen molar-refractivity contribution < 1.29 is 9.53 Å². The van der Waals surface area contributed by atoms with Gasteiger partial charge in [-0.05, 0) is 79.9 Å². The molecule has 0 amide bonds. The van der Waals surface area contributed by atoms with Crippen LogP contribution >= 0.6 is 0 Å². The van der Waals surface area contributed by atoms with Gasteiger partial charge in [-0.2, -0.15) is 0 Å². The van der Waals surface area contributed by atoms with Crippen molar-refractivity contribution in [1.29, 1.82) is 0 Å². The molecular weight excluding hydrogens is 284 g/mol. The van der Waals surface area contributed by atoms with Gasteiger partial charge in [0.2, 0.25) is 0 Å². The Labute approximate surface area is 140 Å². The first-order chi connectivity index (χ1) is 11.1. The molecule has 0 atom stereocenters. The summed E-state index contributed by atoms with van der Waals surface area (Å²) in [6, 6.07) is 8.16. The standard InChI is InChI=1S/C21H30O2/c1-15-3-5-17(6-4-15)18-7-9-19(10-8-18)20-11-13-21(14-12-20)23-16(2)22/h11-15,17-19H,3-10H2,1-2H3. The van der Waals surface area contributed by atoms with Gasteiger partial charge in [-0.3, -0.25) is 4.79 Å². The molecule has 0 aliphatic heterocycles. The zero-order valence-electron chi connectivity index (χ0n) is 14.6. The minimum absolute atomic E-state index is 0.250. The molecule has 2 saturated carbocycles. The second-order valence-corrected chi connectivity index (χ2v) is 7.79. The Morgan fingerprint density at radius 3 is 1.91 bits per heavy atom. The van der Waals surface area contributed by atoms with Crippen LogP contribution in [0.5, 0.6) is 5.75 Å². The van der Waals surface area contributed by atoms with Gasteiger partial charge >= 0.3 is 5.97 Å². The van der Waals surface area contributed by atoms with E-state index in [9.17, 15) is 4.79 Å². The van der Waals surface area contributed by atoms with Crippen LogP contribution in [-0.2, 0) is 4.79 Å². The summed E-state index contributed by atoms with van der Waals surface area (Å²) in [5.74, 6) is 4.03. The SMILES string of the molecule is CC(=O)Oc1ccc(C2CCC(C3CCC(C)CC3)CC2)cc1. The number of carbonyl (C=O) groups is 1. The van der Waals surface area contributed by atoms with Gasteiger partial charge in [-0.1, -0.05) is 31.9 Å². The first-order valence-corrected chi connectivity index (χ1v) is 9.40. The lowest BCUT2D eigenvalue weighted by atomic mass is 9.68. The average molecular weight is 314 g/mol. The first-order valence-electron chi connectivity index (χ1n) is 9.40. The van der Waals surface area contributed by atoms with Crippen molar-refractivity contribution in [2.24, 2.45) is 17.8 Å². The summed E-state index contributed by atoms with van der Waals surface area (Å²) in [5.41, 5.74) is 1.41. The maximum Gasteiger partial charge on any atom is 0.308 e. The molecule has 0 unspecified atom stereocenters. The normalized spacial score (nSPS) is 31.6. The third-order valence-corrected chi connectivity index (χ3v) is 6.11. The number of ether oxygens (including phenoxy) is 1. The smallest absolute Gasteiger partial charge is 0.308 e. The Morgan fingerprint density at radius 2 is 1.39 bits per heavy atom. The molecule has 2 fully saturated rings. The van der Waals surface area contributed by atoms with E-state index in [4.69, 9.17) is 4.74 Å². The lowest BCUT2D eigenvalue weighted by molar-refractivity contribution is -0.131. The fourth-order valence-electron chi connectivity index (χ4n) is 4.66. The van der Waals surface area contributed by atoms with Gasteiger partial charge in [-0.25, -0.2) is 0 Å². The molecule has 0 spiro atoms. The van der Waals surface area contributed by atoms with E-state index in [0.717, 1.165) is 17.8 Å². The van der Waals surface area contributed by atoms with Crippen molar-refractivity contribution >= 4 is 5.97 Å². The summed E-state index contributed by atoms with van der Waals surface area (Å²) in [5, 5.41) is 0. The van der Waals surface area contributed by atoms with Crippen molar-refractivity contribution in [2.45, 2.75) is 71.1 Å². The highest BCUT2D eigenvalue weighted by molar-refractivity contribution is 5.69. The van der Waals surface area contributed by atoms with Crippen LogP contribution in [0.2, 0.25) is 0 Å². The zero-order valence-corrected chi connectivity index (χ0v) is 14.6. The molecule has 0 radical (unpaired) electrons. The van der Waals surface area contributed by atoms with Gasteiger partial charge in [0, 0.05) is 6.92 Å². The Kier molecular flexibility index (Phi) is 5.40. The van der Waals surface area contributed by atoms with Crippen LogP contribution in [0.4, 0.5) is 0 Å². The fourth-order valence-corrected chi connectivity index (χ4v) is 4.66. The molecule has 0 N–H and O–H groups in total. The van der Waals surface area contributed by atoms with Crippen molar-refractivity contribution in [2.75, 3.05) is 0 Å². The van der Waals surface area contributed by atoms with Gasteiger partial charge < -0.3 is 4.74 Å². The average Bonchev–Trinajstić information content (AvgIpc) is 2.56. The number of carbonyl (C=O) groups excluding carboxylic acids is 1. The van der Waals surface area contributed by atoms with E-state index in [0.29, 0.717) is 11.7 Å². The predicted octanol–water partition coefficient (Wildman–Crippen LogP) is 5.71. The Balaban J connectivity index is 1.51. The molecule has 0 bridgehead atoms. The summed E-state index contributed by atoms with van der Waals surface area (Å²) >= 11 is 0. The van der Waals surface area contributed by atoms with Crippen molar-refractivity contribution in [3.8, 4) is 5.75 Å². The van der Waals surface area contributed by atoms with E-state index < -0.39 is 0 Å². The van der Waals surface area contributed by atoms with E-state index in [-0.39, 0.29) is 5.97 Å². The molecule has 2 heteroatoms. The molecule has 126 valence electrons. The Morgan fingerprint density at radius 1 is 0.870 bits per heavy atom. The van der Waals surface area contributed by atoms with Gasteiger partial charge in [0.15, 0.2) is 0 Å². The molecule has 1 aromatic carbocycles. The minimum Gasteiger partial charge on any atom is -0.427 e. The molecule has 0 aromatic heterocycles. The second kappa shape index (κ2) is 7.51. The van der Waals surface area contributed by atoms with E-state index in [1.54, 1.807) is 0 Å². The number of rotatable bonds is 3. The van der Waals surface area contributed by atoms with E-state index in [1.807, 2.05) is 12.1 Å². The van der Waals surface area contributed by atoms with Gasteiger partial charge in [0.25, 0.3) is 0 Å². The molecule has 3 rings (SSSR count). The number of hydrogen-bond donors (Lipinski definition) is 0. The highest BCUT2D eigenvalue weighted by atomic mass is 16.5. The lowest BCUT2D eigenvalue weighted by Gasteiger charge is -2.37. The molecule has 23 heavy (non-hydrogen) atoms. The van der Waals surface area contributed by atoms with Crippen molar-refractivity contribution in [3.63, 3.8) is 0 Å². The topological polar surface area (TPSA) is 26.3 Å². The van der Waals surface area contributed by atoms with Gasteiger partial charge in [0.05, 0.1) is 0 Å². The molecule has 2 aliphatic carbocycles. The van der Waals surface area contributed by atoms with E-state index in [2.05, 4.69) is 19.1 Å². The van der Waals surface area contributed by atoms with Crippen molar-refractivity contribution in [1.82, 2.24) is 0 Å². The van der Waals surface area contributed by atoms with Gasteiger partial charge in [-0.15, -0.1) is 0 Å². The number of benzene rings is 1. The van der Waals surface area contributed by atoms with Gasteiger partial charge in [0.1, 0.15) is 5.75 Å². The molecule has 0 heterocycles. The summed E-state index contributed by atoms with van der Waals surface area (Å²) in [6.45, 7) is 3.85. The summed E-state index contributed by atoms with van der Waals surface area (Å²) < 4.78 is 5.12. The second-order valence-electron chi connectivity index (χ2n) is 7.79. The lowest BCUT2D eigenvalue weighted by Crippen LogP contribution is -2.24. The first kappa shape index (κ1) is 16.5. The summed E-state index contributed by atoms with van der Waals surface area (Å²) in [6.07, 6.45) is 11.3. The van der Waals surface area contributed by atoms with Crippen LogP contribution in [0.25, 0.3) is 0 Å². The number of esters is 1. The summed E-state index contributed by atoms with van der Waals surface area (Å²) in [7, 11) is 0. The van der Waals surface area contributed by atoms with Crippen LogP contribution in [0, 0.1) is 17.8 Å². The molecule has 2 aliphatic rings. The highest BCUT2D eigenvalue weighted by Crippen LogP contribution is 2.43. The largest absolute Gasteiger partial charge is 0.427 e.